The van der Waals surface area contributed by atoms with Crippen LogP contribution in [-0.4, -0.2) is 28.7 Å². The zero-order chi connectivity index (χ0) is 23.4. The van der Waals surface area contributed by atoms with Crippen LogP contribution in [0.1, 0.15) is 46.1 Å². The molecule has 0 amide bonds. The zero-order valence-electron chi connectivity index (χ0n) is 18.9. The Morgan fingerprint density at radius 3 is 2.48 bits per heavy atom. The third kappa shape index (κ3) is 5.14. The highest BCUT2D eigenvalue weighted by Crippen LogP contribution is 2.27. The first-order valence-corrected chi connectivity index (χ1v) is 11.7. The average molecular weight is 463 g/mol. The Hall–Kier alpha value is -3.45. The van der Waals surface area contributed by atoms with Gasteiger partial charge in [-0.15, -0.1) is 11.3 Å². The lowest BCUT2D eigenvalue weighted by Gasteiger charge is -2.09. The SMILES string of the molecule is Cc1c(C(=O)OCCOc2ccccc2)sc2ncn(Cc3ccc(C(C)C)cc3)c(=O)c12. The first-order valence-electron chi connectivity index (χ1n) is 10.9. The van der Waals surface area contributed by atoms with Gasteiger partial charge in [-0.2, -0.15) is 0 Å². The molecule has 4 aromatic rings. The van der Waals surface area contributed by atoms with E-state index >= 15 is 0 Å². The topological polar surface area (TPSA) is 70.4 Å². The van der Waals surface area contributed by atoms with Gasteiger partial charge in [0.25, 0.3) is 5.56 Å². The highest BCUT2D eigenvalue weighted by molar-refractivity contribution is 7.20. The molecule has 0 fully saturated rings. The number of esters is 1. The summed E-state index contributed by atoms with van der Waals surface area (Å²) in [5, 5.41) is 0.466. The number of rotatable bonds is 8. The molecular formula is C26H26N2O4S. The Balaban J connectivity index is 1.47. The Bertz CT molecular complexity index is 1310. The number of aryl methyl sites for hydroxylation is 1. The number of carbonyl (C=O) groups is 1. The van der Waals surface area contributed by atoms with E-state index in [2.05, 4.69) is 31.0 Å². The molecule has 170 valence electrons. The summed E-state index contributed by atoms with van der Waals surface area (Å²) in [7, 11) is 0. The summed E-state index contributed by atoms with van der Waals surface area (Å²) >= 11 is 1.18. The number of benzene rings is 2. The normalized spacial score (nSPS) is 11.2. The van der Waals surface area contributed by atoms with E-state index in [0.717, 1.165) is 11.3 Å². The molecule has 2 heterocycles. The maximum Gasteiger partial charge on any atom is 0.348 e. The largest absolute Gasteiger partial charge is 0.490 e. The van der Waals surface area contributed by atoms with Crippen molar-refractivity contribution in [3.05, 3.63) is 92.8 Å². The molecule has 0 bridgehead atoms. The first-order chi connectivity index (χ1) is 15.9. The molecule has 0 aliphatic carbocycles. The van der Waals surface area contributed by atoms with Crippen LogP contribution in [-0.2, 0) is 11.3 Å². The van der Waals surface area contributed by atoms with Crippen LogP contribution in [0.2, 0.25) is 0 Å². The summed E-state index contributed by atoms with van der Waals surface area (Å²) in [6, 6.07) is 17.6. The molecule has 4 rings (SSSR count). The van der Waals surface area contributed by atoms with E-state index in [0.29, 0.717) is 33.1 Å². The van der Waals surface area contributed by atoms with Crippen LogP contribution in [0.4, 0.5) is 0 Å². The number of ether oxygens (including phenoxy) is 2. The lowest BCUT2D eigenvalue weighted by molar-refractivity contribution is 0.0455. The second-order valence-corrected chi connectivity index (χ2v) is 9.11. The maximum absolute atomic E-state index is 13.1. The van der Waals surface area contributed by atoms with Crippen LogP contribution < -0.4 is 10.3 Å². The van der Waals surface area contributed by atoms with Crippen molar-refractivity contribution < 1.29 is 14.3 Å². The molecule has 0 saturated carbocycles. The van der Waals surface area contributed by atoms with E-state index in [4.69, 9.17) is 9.47 Å². The molecule has 0 unspecified atom stereocenters. The third-order valence-corrected chi connectivity index (χ3v) is 6.61. The Morgan fingerprint density at radius 2 is 1.79 bits per heavy atom. The fraction of sp³-hybridized carbons (Fsp3) is 0.269. The van der Waals surface area contributed by atoms with Gasteiger partial charge in [0.1, 0.15) is 28.7 Å². The average Bonchev–Trinajstić information content (AvgIpc) is 3.16. The van der Waals surface area contributed by atoms with E-state index in [1.165, 1.54) is 16.9 Å². The summed E-state index contributed by atoms with van der Waals surface area (Å²) in [6.45, 7) is 6.85. The molecule has 0 N–H and O–H groups in total. The van der Waals surface area contributed by atoms with Crippen LogP contribution in [0.5, 0.6) is 5.75 Å². The minimum Gasteiger partial charge on any atom is -0.490 e. The van der Waals surface area contributed by atoms with Crippen molar-refractivity contribution in [2.24, 2.45) is 0 Å². The van der Waals surface area contributed by atoms with Gasteiger partial charge in [0, 0.05) is 0 Å². The highest BCUT2D eigenvalue weighted by Gasteiger charge is 2.20. The molecule has 0 radical (unpaired) electrons. The molecule has 0 saturated heterocycles. The van der Waals surface area contributed by atoms with E-state index in [-0.39, 0.29) is 18.8 Å². The third-order valence-electron chi connectivity index (χ3n) is 5.43. The molecule has 0 aliphatic heterocycles. The highest BCUT2D eigenvalue weighted by atomic mass is 32.1. The Labute approximate surface area is 196 Å². The van der Waals surface area contributed by atoms with Gasteiger partial charge in [0.2, 0.25) is 0 Å². The van der Waals surface area contributed by atoms with E-state index in [1.54, 1.807) is 17.8 Å². The lowest BCUT2D eigenvalue weighted by atomic mass is 10.0. The van der Waals surface area contributed by atoms with Crippen molar-refractivity contribution in [3.8, 4) is 5.75 Å². The van der Waals surface area contributed by atoms with Gasteiger partial charge in [0.05, 0.1) is 18.3 Å². The molecule has 2 aromatic heterocycles. The van der Waals surface area contributed by atoms with Crippen LogP contribution >= 0.6 is 11.3 Å². The quantitative estimate of drug-likeness (QED) is 0.267. The van der Waals surface area contributed by atoms with E-state index in [1.807, 2.05) is 42.5 Å². The number of nitrogens with zero attached hydrogens (tertiary/aromatic N) is 2. The molecule has 6 nitrogen and oxygen atoms in total. The summed E-state index contributed by atoms with van der Waals surface area (Å²) in [6.07, 6.45) is 1.54. The zero-order valence-corrected chi connectivity index (χ0v) is 19.7. The molecule has 0 aliphatic rings. The monoisotopic (exact) mass is 462 g/mol. The number of fused-ring (bicyclic) bond motifs is 1. The minimum absolute atomic E-state index is 0.117. The molecule has 7 heteroatoms. The van der Waals surface area contributed by atoms with Crippen molar-refractivity contribution in [1.29, 1.82) is 0 Å². The van der Waals surface area contributed by atoms with E-state index < -0.39 is 5.97 Å². The van der Waals surface area contributed by atoms with Crippen molar-refractivity contribution in [2.45, 2.75) is 33.2 Å². The predicted molar refractivity (Wildman–Crippen MR) is 130 cm³/mol. The molecule has 0 atom stereocenters. The molecule has 2 aromatic carbocycles. The number of hydrogen-bond acceptors (Lipinski definition) is 6. The lowest BCUT2D eigenvalue weighted by Crippen LogP contribution is -2.21. The molecule has 33 heavy (non-hydrogen) atoms. The second kappa shape index (κ2) is 10.0. The number of thiophene rings is 1. The summed E-state index contributed by atoms with van der Waals surface area (Å²) in [4.78, 5) is 31.1. The van der Waals surface area contributed by atoms with Crippen LogP contribution in [0.15, 0.2) is 65.7 Å². The summed E-state index contributed by atoms with van der Waals surface area (Å²) < 4.78 is 12.5. The minimum atomic E-state index is -0.470. The van der Waals surface area contributed by atoms with Crippen LogP contribution in [0.25, 0.3) is 10.2 Å². The van der Waals surface area contributed by atoms with Gasteiger partial charge < -0.3 is 9.47 Å². The second-order valence-electron chi connectivity index (χ2n) is 8.11. The standard InChI is InChI=1S/C26H26N2O4S/c1-17(2)20-11-9-19(10-12-20)15-28-16-27-24-22(25(28)29)18(3)23(33-24)26(30)32-14-13-31-21-7-5-4-6-8-21/h4-12,16-17H,13-15H2,1-3H3. The Kier molecular flexibility index (Phi) is 6.89. The van der Waals surface area contributed by atoms with Crippen molar-refractivity contribution in [3.63, 3.8) is 0 Å². The summed E-state index contributed by atoms with van der Waals surface area (Å²) in [5.74, 6) is 0.703. The Morgan fingerprint density at radius 1 is 1.06 bits per heavy atom. The van der Waals surface area contributed by atoms with Crippen molar-refractivity contribution in [2.75, 3.05) is 13.2 Å². The smallest absolute Gasteiger partial charge is 0.348 e. The molecule has 0 spiro atoms. The van der Waals surface area contributed by atoms with Gasteiger partial charge in [-0.05, 0) is 41.7 Å². The predicted octanol–water partition coefficient (Wildman–Crippen LogP) is 5.17. The van der Waals surface area contributed by atoms with E-state index in [9.17, 15) is 9.59 Å². The number of aromatic nitrogens is 2. The number of para-hydroxylation sites is 1. The molecular weight excluding hydrogens is 436 g/mol. The van der Waals surface area contributed by atoms with Crippen molar-refractivity contribution >= 4 is 27.5 Å². The fourth-order valence-electron chi connectivity index (χ4n) is 3.55. The van der Waals surface area contributed by atoms with Gasteiger partial charge in [-0.3, -0.25) is 9.36 Å². The van der Waals surface area contributed by atoms with Gasteiger partial charge >= 0.3 is 5.97 Å². The van der Waals surface area contributed by atoms with Gasteiger partial charge in [-0.1, -0.05) is 56.3 Å². The fourth-order valence-corrected chi connectivity index (χ4v) is 4.58. The van der Waals surface area contributed by atoms with Crippen LogP contribution in [0.3, 0.4) is 0 Å². The summed E-state index contributed by atoms with van der Waals surface area (Å²) in [5.41, 5.74) is 2.72. The number of carbonyl (C=O) groups excluding carboxylic acids is 1. The van der Waals surface area contributed by atoms with Crippen molar-refractivity contribution in [1.82, 2.24) is 9.55 Å². The van der Waals surface area contributed by atoms with Gasteiger partial charge in [-0.25, -0.2) is 9.78 Å². The number of hydrogen-bond donors (Lipinski definition) is 0. The van der Waals surface area contributed by atoms with Gasteiger partial charge in [0.15, 0.2) is 0 Å². The maximum atomic E-state index is 13.1. The van der Waals surface area contributed by atoms with Crippen LogP contribution in [0, 0.1) is 6.92 Å². The first kappa shape index (κ1) is 22.7.